The van der Waals surface area contributed by atoms with Gasteiger partial charge in [-0.25, -0.2) is 0 Å². The minimum atomic E-state index is -1.47. The minimum Gasteiger partial charge on any atom is -0.469 e. The van der Waals surface area contributed by atoms with Crippen molar-refractivity contribution in [2.75, 3.05) is 7.11 Å². The number of ether oxygens (including phenoxy) is 2. The molecule has 3 fully saturated rings. The molecule has 8 unspecified atom stereocenters. The number of aliphatic hydroxyl groups excluding tert-OH is 1. The van der Waals surface area contributed by atoms with Crippen molar-refractivity contribution in [2.24, 2.45) is 39.9 Å². The fourth-order valence-electron chi connectivity index (χ4n) is 7.92. The number of rotatable bonds is 6. The van der Waals surface area contributed by atoms with Crippen LogP contribution in [-0.4, -0.2) is 48.9 Å². The van der Waals surface area contributed by atoms with Crippen molar-refractivity contribution in [3.05, 3.63) is 0 Å². The predicted molar refractivity (Wildman–Crippen MR) is 116 cm³/mol. The van der Waals surface area contributed by atoms with Crippen LogP contribution in [0.5, 0.6) is 0 Å². The van der Waals surface area contributed by atoms with Crippen molar-refractivity contribution < 1.29 is 33.8 Å². The summed E-state index contributed by atoms with van der Waals surface area (Å²) in [4.78, 5) is 50.7. The number of fused-ring (bicyclic) bond motifs is 3. The van der Waals surface area contributed by atoms with Gasteiger partial charge in [-0.2, -0.15) is 0 Å². The summed E-state index contributed by atoms with van der Waals surface area (Å²) >= 11 is 0. The summed E-state index contributed by atoms with van der Waals surface area (Å²) in [5.41, 5.74) is -2.13. The fraction of sp³-hybridized carbons (Fsp3) is 0.840. The molecule has 32 heavy (non-hydrogen) atoms. The third-order valence-electron chi connectivity index (χ3n) is 8.98. The van der Waals surface area contributed by atoms with Crippen molar-refractivity contribution in [3.8, 4) is 0 Å². The van der Waals surface area contributed by atoms with Crippen LogP contribution in [0.15, 0.2) is 0 Å². The summed E-state index contributed by atoms with van der Waals surface area (Å²) in [6, 6.07) is 0. The largest absolute Gasteiger partial charge is 0.469 e. The van der Waals surface area contributed by atoms with Crippen molar-refractivity contribution in [1.82, 2.24) is 0 Å². The Hall–Kier alpha value is -1.76. The average molecular weight is 451 g/mol. The van der Waals surface area contributed by atoms with Gasteiger partial charge >= 0.3 is 11.9 Å². The van der Waals surface area contributed by atoms with E-state index in [-0.39, 0.29) is 23.7 Å². The molecule has 1 N–H and O–H groups in total. The molecule has 0 bridgehead atoms. The zero-order valence-electron chi connectivity index (χ0n) is 20.0. The number of hydrogen-bond donors (Lipinski definition) is 1. The molecule has 3 aliphatic rings. The molecule has 0 aromatic heterocycles. The molecule has 7 heteroatoms. The number of aldehydes is 2. The van der Waals surface area contributed by atoms with E-state index in [0.717, 1.165) is 19.3 Å². The maximum absolute atomic E-state index is 13.0. The molecule has 0 heterocycles. The molecule has 3 saturated carbocycles. The Kier molecular flexibility index (Phi) is 6.90. The second kappa shape index (κ2) is 8.88. The van der Waals surface area contributed by atoms with Crippen LogP contribution >= 0.6 is 0 Å². The molecule has 3 aliphatic carbocycles. The van der Waals surface area contributed by atoms with Crippen LogP contribution in [0.25, 0.3) is 0 Å². The zero-order valence-corrected chi connectivity index (χ0v) is 20.0. The van der Waals surface area contributed by atoms with Crippen LogP contribution in [0, 0.1) is 39.9 Å². The SMILES string of the molecule is CCCC(=O)OC1C(O)C2C(C)(C)CCCC2(C)C2CCC(C(=O)OC)C(C=O)C12C=O. The Morgan fingerprint density at radius 2 is 1.81 bits per heavy atom. The second-order valence-corrected chi connectivity index (χ2v) is 11.0. The Morgan fingerprint density at radius 1 is 1.12 bits per heavy atom. The summed E-state index contributed by atoms with van der Waals surface area (Å²) < 4.78 is 10.8. The quantitative estimate of drug-likeness (QED) is 0.489. The van der Waals surface area contributed by atoms with Crippen LogP contribution in [0.1, 0.15) is 72.6 Å². The van der Waals surface area contributed by atoms with E-state index in [4.69, 9.17) is 9.47 Å². The van der Waals surface area contributed by atoms with Gasteiger partial charge in [0.15, 0.2) is 0 Å². The fourth-order valence-corrected chi connectivity index (χ4v) is 7.92. The molecule has 0 aromatic rings. The third kappa shape index (κ3) is 3.51. The van der Waals surface area contributed by atoms with Crippen molar-refractivity contribution >= 4 is 24.5 Å². The number of hydrogen-bond acceptors (Lipinski definition) is 7. The molecule has 0 saturated heterocycles. The highest BCUT2D eigenvalue weighted by atomic mass is 16.6. The molecule has 0 amide bonds. The van der Waals surface area contributed by atoms with Gasteiger partial charge in [0.2, 0.25) is 0 Å². The topological polar surface area (TPSA) is 107 Å². The van der Waals surface area contributed by atoms with Gasteiger partial charge in [0, 0.05) is 12.3 Å². The van der Waals surface area contributed by atoms with E-state index in [1.54, 1.807) is 0 Å². The molecule has 7 nitrogen and oxygen atoms in total. The first-order valence-electron chi connectivity index (χ1n) is 11.9. The molecular weight excluding hydrogens is 412 g/mol. The van der Waals surface area contributed by atoms with E-state index in [2.05, 4.69) is 20.8 Å². The molecule has 0 spiro atoms. The number of carbonyl (C=O) groups excluding carboxylic acids is 4. The van der Waals surface area contributed by atoms with Crippen LogP contribution in [0.4, 0.5) is 0 Å². The van der Waals surface area contributed by atoms with Crippen molar-refractivity contribution in [2.45, 2.75) is 84.8 Å². The number of carbonyl (C=O) groups is 4. The van der Waals surface area contributed by atoms with Crippen LogP contribution in [0.3, 0.4) is 0 Å². The predicted octanol–water partition coefficient (Wildman–Crippen LogP) is 3.11. The lowest BCUT2D eigenvalue weighted by atomic mass is 9.37. The molecule has 180 valence electrons. The van der Waals surface area contributed by atoms with Gasteiger partial charge in [-0.1, -0.05) is 34.1 Å². The minimum absolute atomic E-state index is 0.153. The van der Waals surface area contributed by atoms with Gasteiger partial charge in [0.25, 0.3) is 0 Å². The van der Waals surface area contributed by atoms with Gasteiger partial charge in [-0.05, 0) is 54.8 Å². The van der Waals surface area contributed by atoms with Crippen LogP contribution in [0.2, 0.25) is 0 Å². The molecule has 0 radical (unpaired) electrons. The van der Waals surface area contributed by atoms with Gasteiger partial charge in [-0.3, -0.25) is 9.59 Å². The number of methoxy groups -OCH3 is 1. The average Bonchev–Trinajstić information content (AvgIpc) is 2.74. The van der Waals surface area contributed by atoms with Crippen LogP contribution in [-0.2, 0) is 28.7 Å². The molecule has 3 rings (SSSR count). The summed E-state index contributed by atoms with van der Waals surface area (Å²) in [5.74, 6) is -3.39. The highest BCUT2D eigenvalue weighted by Gasteiger charge is 2.72. The lowest BCUT2D eigenvalue weighted by Crippen LogP contribution is -2.72. The zero-order chi connectivity index (χ0) is 23.9. The lowest BCUT2D eigenvalue weighted by molar-refractivity contribution is -0.265. The van der Waals surface area contributed by atoms with Crippen molar-refractivity contribution in [3.63, 3.8) is 0 Å². The molecule has 0 aromatic carbocycles. The van der Waals surface area contributed by atoms with E-state index < -0.39 is 46.8 Å². The summed E-state index contributed by atoms with van der Waals surface area (Å²) in [7, 11) is 1.26. The summed E-state index contributed by atoms with van der Waals surface area (Å²) in [6.07, 6.45) is 3.41. The van der Waals surface area contributed by atoms with E-state index in [9.17, 15) is 24.3 Å². The Bertz CT molecular complexity index is 761. The van der Waals surface area contributed by atoms with Crippen LogP contribution < -0.4 is 0 Å². The highest BCUT2D eigenvalue weighted by molar-refractivity contribution is 5.82. The Balaban J connectivity index is 2.22. The van der Waals surface area contributed by atoms with Gasteiger partial charge in [-0.15, -0.1) is 0 Å². The molecule has 0 aliphatic heterocycles. The Labute approximate surface area is 190 Å². The first kappa shape index (κ1) is 24.9. The van der Waals surface area contributed by atoms with E-state index >= 15 is 0 Å². The third-order valence-corrected chi connectivity index (χ3v) is 8.98. The van der Waals surface area contributed by atoms with E-state index in [1.807, 2.05) is 6.92 Å². The first-order valence-corrected chi connectivity index (χ1v) is 11.9. The molecule has 8 atom stereocenters. The normalized spacial score (nSPS) is 42.7. The van der Waals surface area contributed by atoms with E-state index in [1.165, 1.54) is 7.11 Å². The highest BCUT2D eigenvalue weighted by Crippen LogP contribution is 2.69. The first-order chi connectivity index (χ1) is 15.0. The monoisotopic (exact) mass is 450 g/mol. The second-order valence-electron chi connectivity index (χ2n) is 11.0. The lowest BCUT2D eigenvalue weighted by Gasteiger charge is -2.67. The van der Waals surface area contributed by atoms with Gasteiger partial charge in [0.05, 0.1) is 24.5 Å². The maximum Gasteiger partial charge on any atom is 0.309 e. The van der Waals surface area contributed by atoms with Gasteiger partial charge < -0.3 is 24.2 Å². The standard InChI is InChI=1S/C25H38O7/c1-6-8-18(28)32-21-19(29)20-23(2,3)11-7-12-24(20,4)17-10-9-15(22(30)31-5)16(13-26)25(17,21)14-27/h13-17,19-21,29H,6-12H2,1-5H3. The Morgan fingerprint density at radius 3 is 2.38 bits per heavy atom. The smallest absolute Gasteiger partial charge is 0.309 e. The summed E-state index contributed by atoms with van der Waals surface area (Å²) in [5, 5.41) is 11.7. The molecular formula is C25H38O7. The number of aliphatic hydroxyl groups is 1. The van der Waals surface area contributed by atoms with Gasteiger partial charge in [0.1, 0.15) is 18.7 Å². The summed E-state index contributed by atoms with van der Waals surface area (Å²) in [6.45, 7) is 8.19. The van der Waals surface area contributed by atoms with Crippen molar-refractivity contribution in [1.29, 1.82) is 0 Å². The maximum atomic E-state index is 13.0. The number of esters is 2. The van der Waals surface area contributed by atoms with E-state index in [0.29, 0.717) is 31.8 Å².